The maximum Gasteiger partial charge on any atom is 0.191 e. The molecule has 0 radical (unpaired) electrons. The normalized spacial score (nSPS) is 17.1. The monoisotopic (exact) mass is 534 g/mol. The molecule has 0 aliphatic carbocycles. The second-order valence-corrected chi connectivity index (χ2v) is 7.71. The Morgan fingerprint density at radius 1 is 1.20 bits per heavy atom. The van der Waals surface area contributed by atoms with Gasteiger partial charge in [0.15, 0.2) is 5.96 Å². The van der Waals surface area contributed by atoms with Crippen LogP contribution in [0.15, 0.2) is 35.3 Å². The zero-order valence-electron chi connectivity index (χ0n) is 18.4. The van der Waals surface area contributed by atoms with Crippen molar-refractivity contribution in [3.63, 3.8) is 0 Å². The van der Waals surface area contributed by atoms with Crippen molar-refractivity contribution in [1.29, 1.82) is 0 Å². The molecule has 0 amide bonds. The van der Waals surface area contributed by atoms with Crippen LogP contribution < -0.4 is 10.6 Å². The van der Waals surface area contributed by atoms with E-state index in [1.807, 2.05) is 19.9 Å². The molecule has 1 heterocycles. The predicted octanol–water partition coefficient (Wildman–Crippen LogP) is 1.89. The molecule has 8 heteroatoms. The van der Waals surface area contributed by atoms with Crippen molar-refractivity contribution in [2.45, 2.75) is 32.3 Å². The van der Waals surface area contributed by atoms with Gasteiger partial charge >= 0.3 is 0 Å². The number of β-amino-alcohol motifs (C(OH)–C–C–N with tert-alkyl or cyclic N) is 1. The molecule has 3 N–H and O–H groups in total. The van der Waals surface area contributed by atoms with E-state index in [4.69, 9.17) is 9.47 Å². The molecule has 1 fully saturated rings. The highest BCUT2D eigenvalue weighted by Gasteiger charge is 2.25. The van der Waals surface area contributed by atoms with Gasteiger partial charge in [0.2, 0.25) is 0 Å². The molecule has 0 aromatic heterocycles. The number of aliphatic hydroxyl groups is 1. The number of benzene rings is 1. The van der Waals surface area contributed by atoms with Crippen LogP contribution in [0.5, 0.6) is 0 Å². The first-order valence-electron chi connectivity index (χ1n) is 10.8. The van der Waals surface area contributed by atoms with Crippen LogP contribution in [0.3, 0.4) is 0 Å². The lowest BCUT2D eigenvalue weighted by molar-refractivity contribution is -0.0180. The molecule has 30 heavy (non-hydrogen) atoms. The molecule has 1 unspecified atom stereocenters. The quantitative estimate of drug-likeness (QED) is 0.165. The average Bonchev–Trinajstić information content (AvgIpc) is 2.72. The molecule has 0 spiro atoms. The summed E-state index contributed by atoms with van der Waals surface area (Å²) in [6.07, 6.45) is 1.85. The lowest BCUT2D eigenvalue weighted by Crippen LogP contribution is -2.48. The molecule has 0 bridgehead atoms. The zero-order chi connectivity index (χ0) is 20.8. The Morgan fingerprint density at radius 2 is 1.93 bits per heavy atom. The van der Waals surface area contributed by atoms with Gasteiger partial charge in [-0.25, -0.2) is 0 Å². The molecule has 1 aromatic carbocycles. The summed E-state index contributed by atoms with van der Waals surface area (Å²) in [5, 5.41) is 17.2. The van der Waals surface area contributed by atoms with Gasteiger partial charge in [-0.2, -0.15) is 0 Å². The summed E-state index contributed by atoms with van der Waals surface area (Å²) in [5.74, 6) is 0.735. The fourth-order valence-corrected chi connectivity index (χ4v) is 3.20. The topological polar surface area (TPSA) is 78.4 Å². The second-order valence-electron chi connectivity index (χ2n) is 7.71. The molecule has 1 aromatic rings. The molecule has 1 aliphatic heterocycles. The molecule has 2 rings (SSSR count). The number of hydrogen-bond acceptors (Lipinski definition) is 5. The summed E-state index contributed by atoms with van der Waals surface area (Å²) in [6, 6.07) is 10.4. The smallest absolute Gasteiger partial charge is 0.191 e. The number of guanidine groups is 1. The number of nitrogens with one attached hydrogen (secondary N) is 2. The Bertz CT molecular complexity index is 581. The van der Waals surface area contributed by atoms with Crippen LogP contribution in [-0.4, -0.2) is 87.3 Å². The number of nitrogens with zero attached hydrogens (tertiary/aromatic N) is 2. The summed E-state index contributed by atoms with van der Waals surface area (Å²) < 4.78 is 11.1. The van der Waals surface area contributed by atoms with Gasteiger partial charge in [-0.05, 0) is 32.3 Å². The van der Waals surface area contributed by atoms with Crippen molar-refractivity contribution >= 4 is 29.9 Å². The van der Waals surface area contributed by atoms with Gasteiger partial charge < -0.3 is 25.2 Å². The summed E-state index contributed by atoms with van der Waals surface area (Å²) in [7, 11) is 0. The van der Waals surface area contributed by atoms with Crippen molar-refractivity contribution in [3.05, 3.63) is 35.9 Å². The van der Waals surface area contributed by atoms with E-state index < -0.39 is 5.60 Å². The minimum Gasteiger partial charge on any atom is -0.387 e. The highest BCUT2D eigenvalue weighted by atomic mass is 127. The molecule has 7 nitrogen and oxygen atoms in total. The van der Waals surface area contributed by atoms with Crippen LogP contribution in [-0.2, 0) is 15.9 Å². The third-order valence-corrected chi connectivity index (χ3v) is 4.73. The van der Waals surface area contributed by atoms with E-state index >= 15 is 0 Å². The van der Waals surface area contributed by atoms with Gasteiger partial charge in [0.25, 0.3) is 0 Å². The fraction of sp³-hybridized carbons (Fsp3) is 0.682. The van der Waals surface area contributed by atoms with Crippen molar-refractivity contribution in [1.82, 2.24) is 15.5 Å². The maximum absolute atomic E-state index is 10.7. The molecule has 172 valence electrons. The predicted molar refractivity (Wildman–Crippen MR) is 133 cm³/mol. The van der Waals surface area contributed by atoms with Gasteiger partial charge in [-0.15, -0.1) is 24.0 Å². The maximum atomic E-state index is 10.7. The Hall–Kier alpha value is -0.940. The summed E-state index contributed by atoms with van der Waals surface area (Å²) in [5.41, 5.74) is 0.441. The van der Waals surface area contributed by atoms with E-state index in [0.29, 0.717) is 19.7 Å². The Morgan fingerprint density at radius 3 is 2.63 bits per heavy atom. The number of morpholine rings is 1. The highest BCUT2D eigenvalue weighted by Crippen LogP contribution is 2.09. The van der Waals surface area contributed by atoms with E-state index in [1.165, 1.54) is 5.56 Å². The van der Waals surface area contributed by atoms with Crippen molar-refractivity contribution < 1.29 is 14.6 Å². The standard InChI is InChI=1S/C22H38N4O3.HI/c1-3-23-21(25-18-22(2,27)19-26-12-16-29-17-13-26)24-11-7-14-28-15-10-20-8-5-4-6-9-20;/h4-6,8-9,27H,3,7,10-19H2,1-2H3,(H2,23,24,25);1H. The summed E-state index contributed by atoms with van der Waals surface area (Å²) in [6.45, 7) is 11.1. The van der Waals surface area contributed by atoms with Crippen molar-refractivity contribution in [2.75, 3.05) is 65.7 Å². The Balaban J connectivity index is 0.00000450. The van der Waals surface area contributed by atoms with Crippen LogP contribution >= 0.6 is 24.0 Å². The van der Waals surface area contributed by atoms with Crippen molar-refractivity contribution in [2.24, 2.45) is 4.99 Å². The molecule has 1 saturated heterocycles. The average molecular weight is 534 g/mol. The van der Waals surface area contributed by atoms with Gasteiger partial charge in [0.05, 0.1) is 32.0 Å². The second kappa shape index (κ2) is 15.8. The van der Waals surface area contributed by atoms with Crippen LogP contribution in [0.2, 0.25) is 0 Å². The lowest BCUT2D eigenvalue weighted by atomic mass is 10.1. The number of rotatable bonds is 12. The Labute approximate surface area is 198 Å². The van der Waals surface area contributed by atoms with Gasteiger partial charge in [-0.3, -0.25) is 9.89 Å². The van der Waals surface area contributed by atoms with Gasteiger partial charge in [0.1, 0.15) is 0 Å². The number of halogens is 1. The van der Waals surface area contributed by atoms with Crippen molar-refractivity contribution in [3.8, 4) is 0 Å². The molecule has 0 saturated carbocycles. The minimum absolute atomic E-state index is 0. The number of hydrogen-bond donors (Lipinski definition) is 3. The molecular weight excluding hydrogens is 495 g/mol. The summed E-state index contributed by atoms with van der Waals surface area (Å²) >= 11 is 0. The third-order valence-electron chi connectivity index (χ3n) is 4.73. The number of ether oxygens (including phenoxy) is 2. The molecule has 1 aliphatic rings. The summed E-state index contributed by atoms with van der Waals surface area (Å²) in [4.78, 5) is 6.80. The first kappa shape index (κ1) is 27.1. The van der Waals surface area contributed by atoms with Crippen LogP contribution in [0.1, 0.15) is 25.8 Å². The van der Waals surface area contributed by atoms with E-state index in [-0.39, 0.29) is 24.0 Å². The van der Waals surface area contributed by atoms with Gasteiger partial charge in [0, 0.05) is 39.3 Å². The van der Waals surface area contributed by atoms with E-state index in [2.05, 4.69) is 44.8 Å². The van der Waals surface area contributed by atoms with Crippen LogP contribution in [0, 0.1) is 0 Å². The largest absolute Gasteiger partial charge is 0.387 e. The molecular formula is C22H39IN4O3. The first-order valence-corrected chi connectivity index (χ1v) is 10.8. The minimum atomic E-state index is -0.861. The van der Waals surface area contributed by atoms with E-state index in [9.17, 15) is 5.11 Å². The van der Waals surface area contributed by atoms with E-state index in [1.54, 1.807) is 0 Å². The number of aliphatic imine (C=N–C) groups is 1. The Kier molecular flexibility index (Phi) is 14.3. The fourth-order valence-electron chi connectivity index (χ4n) is 3.20. The van der Waals surface area contributed by atoms with E-state index in [0.717, 1.165) is 64.8 Å². The van der Waals surface area contributed by atoms with Gasteiger partial charge in [-0.1, -0.05) is 30.3 Å². The lowest BCUT2D eigenvalue weighted by Gasteiger charge is -2.33. The third kappa shape index (κ3) is 12.0. The highest BCUT2D eigenvalue weighted by molar-refractivity contribution is 14.0. The first-order chi connectivity index (χ1) is 14.1. The molecule has 1 atom stereocenters. The SMILES string of the molecule is CCNC(=NCC(C)(O)CN1CCOCC1)NCCCOCCc1ccccc1.I. The van der Waals surface area contributed by atoms with Crippen LogP contribution in [0.4, 0.5) is 0 Å². The van der Waals surface area contributed by atoms with Crippen LogP contribution in [0.25, 0.3) is 0 Å². The zero-order valence-corrected chi connectivity index (χ0v) is 20.8.